The molecule has 23 heavy (non-hydrogen) atoms. The molecule has 1 fully saturated rings. The summed E-state index contributed by atoms with van der Waals surface area (Å²) in [5.74, 6) is -0.585. The van der Waals surface area contributed by atoms with Gasteiger partial charge >= 0.3 is 0 Å². The van der Waals surface area contributed by atoms with Crippen LogP contribution in [0.15, 0.2) is 24.3 Å². The minimum Gasteiger partial charge on any atom is -0.353 e. The number of carbonyl (C=O) groups is 3. The molecule has 1 heterocycles. The van der Waals surface area contributed by atoms with Crippen LogP contribution in [-0.4, -0.2) is 35.2 Å². The van der Waals surface area contributed by atoms with Crippen molar-refractivity contribution < 1.29 is 14.4 Å². The summed E-state index contributed by atoms with van der Waals surface area (Å²) in [4.78, 5) is 37.8. The Balaban J connectivity index is 1.56. The quantitative estimate of drug-likeness (QED) is 0.865. The predicted molar refractivity (Wildman–Crippen MR) is 85.8 cm³/mol. The highest BCUT2D eigenvalue weighted by molar-refractivity contribution is 6.09. The molecule has 1 aliphatic carbocycles. The van der Waals surface area contributed by atoms with E-state index in [1.165, 1.54) is 11.3 Å². The van der Waals surface area contributed by atoms with Crippen molar-refractivity contribution in [1.82, 2.24) is 10.2 Å². The third-order valence-electron chi connectivity index (χ3n) is 4.67. The summed E-state index contributed by atoms with van der Waals surface area (Å²) < 4.78 is 0. The molecule has 1 aliphatic heterocycles. The molecule has 5 nitrogen and oxygen atoms in total. The molecule has 3 rings (SSSR count). The lowest BCUT2D eigenvalue weighted by Crippen LogP contribution is -2.45. The minimum atomic E-state index is -0.290. The number of rotatable bonds is 4. The van der Waals surface area contributed by atoms with E-state index in [1.54, 1.807) is 18.2 Å². The molecule has 0 saturated heterocycles. The van der Waals surface area contributed by atoms with Crippen molar-refractivity contribution >= 4 is 17.7 Å². The van der Waals surface area contributed by atoms with Crippen LogP contribution >= 0.6 is 0 Å². The summed E-state index contributed by atoms with van der Waals surface area (Å²) in [7, 11) is 0. The maximum absolute atomic E-state index is 12.4. The van der Waals surface area contributed by atoms with E-state index in [1.807, 2.05) is 6.07 Å². The van der Waals surface area contributed by atoms with E-state index in [9.17, 15) is 14.4 Å². The van der Waals surface area contributed by atoms with Crippen LogP contribution in [0.25, 0.3) is 0 Å². The summed E-state index contributed by atoms with van der Waals surface area (Å²) in [5, 5.41) is 3.02. The number of benzene rings is 1. The molecular weight excluding hydrogens is 292 g/mol. The Hall–Kier alpha value is -2.17. The van der Waals surface area contributed by atoms with Gasteiger partial charge in [-0.1, -0.05) is 37.5 Å². The van der Waals surface area contributed by atoms with Gasteiger partial charge in [-0.05, 0) is 24.5 Å². The lowest BCUT2D eigenvalue weighted by atomic mass is 9.95. The van der Waals surface area contributed by atoms with E-state index in [2.05, 4.69) is 5.32 Å². The van der Waals surface area contributed by atoms with Crippen molar-refractivity contribution in [2.24, 2.45) is 0 Å². The normalized spacial score (nSPS) is 18.7. The molecular formula is C18H22N2O3. The molecule has 0 unspecified atom stereocenters. The first-order valence-corrected chi connectivity index (χ1v) is 8.37. The number of nitrogens with one attached hydrogen (secondary N) is 1. The van der Waals surface area contributed by atoms with Gasteiger partial charge < -0.3 is 5.32 Å². The molecule has 1 aromatic rings. The van der Waals surface area contributed by atoms with Crippen molar-refractivity contribution in [3.8, 4) is 0 Å². The summed E-state index contributed by atoms with van der Waals surface area (Å²) in [6, 6.07) is 7.41. The van der Waals surface area contributed by atoms with Crippen LogP contribution in [0.1, 0.15) is 54.4 Å². The number of nitrogens with zero attached hydrogens (tertiary/aromatic N) is 1. The van der Waals surface area contributed by atoms with Crippen LogP contribution in [0.5, 0.6) is 0 Å². The van der Waals surface area contributed by atoms with Crippen molar-refractivity contribution in [2.45, 2.75) is 51.0 Å². The standard InChI is InChI=1S/C18H22N2O3/c21-16(19-14-7-2-1-3-8-14)10-11-20-17(22)12-13-6-4-5-9-15(13)18(20)23/h4-6,9,14H,1-3,7-8,10-12H2,(H,19,21). The lowest BCUT2D eigenvalue weighted by molar-refractivity contribution is -0.129. The van der Waals surface area contributed by atoms with Gasteiger partial charge in [0.25, 0.3) is 5.91 Å². The van der Waals surface area contributed by atoms with Crippen LogP contribution in [0.2, 0.25) is 0 Å². The third kappa shape index (κ3) is 3.60. The Bertz CT molecular complexity index is 620. The van der Waals surface area contributed by atoms with Gasteiger partial charge in [0.15, 0.2) is 0 Å². The summed E-state index contributed by atoms with van der Waals surface area (Å²) >= 11 is 0. The second-order valence-corrected chi connectivity index (χ2v) is 6.34. The number of amides is 3. The second-order valence-electron chi connectivity index (χ2n) is 6.34. The van der Waals surface area contributed by atoms with Gasteiger partial charge in [0.2, 0.25) is 11.8 Å². The molecule has 3 amide bonds. The average molecular weight is 314 g/mol. The van der Waals surface area contributed by atoms with E-state index >= 15 is 0 Å². The summed E-state index contributed by atoms with van der Waals surface area (Å²) in [6.07, 6.45) is 6.02. The number of fused-ring (bicyclic) bond motifs is 1. The molecule has 1 saturated carbocycles. The first-order valence-electron chi connectivity index (χ1n) is 8.37. The van der Waals surface area contributed by atoms with E-state index in [-0.39, 0.29) is 43.1 Å². The highest BCUT2D eigenvalue weighted by Crippen LogP contribution is 2.20. The lowest BCUT2D eigenvalue weighted by Gasteiger charge is -2.27. The highest BCUT2D eigenvalue weighted by Gasteiger charge is 2.30. The molecule has 2 aliphatic rings. The topological polar surface area (TPSA) is 66.5 Å². The van der Waals surface area contributed by atoms with E-state index in [4.69, 9.17) is 0 Å². The van der Waals surface area contributed by atoms with E-state index < -0.39 is 0 Å². The maximum atomic E-state index is 12.4. The van der Waals surface area contributed by atoms with Crippen molar-refractivity contribution in [1.29, 1.82) is 0 Å². The zero-order valence-corrected chi connectivity index (χ0v) is 13.2. The molecule has 1 N–H and O–H groups in total. The first kappa shape index (κ1) is 15.7. The molecule has 122 valence electrons. The van der Waals surface area contributed by atoms with Crippen molar-refractivity contribution in [3.63, 3.8) is 0 Å². The van der Waals surface area contributed by atoms with Crippen LogP contribution in [0.3, 0.4) is 0 Å². The van der Waals surface area contributed by atoms with E-state index in [0.29, 0.717) is 5.56 Å². The van der Waals surface area contributed by atoms with E-state index in [0.717, 1.165) is 31.2 Å². The maximum Gasteiger partial charge on any atom is 0.260 e. The van der Waals surface area contributed by atoms with Crippen LogP contribution in [-0.2, 0) is 16.0 Å². The Morgan fingerprint density at radius 1 is 1.13 bits per heavy atom. The largest absolute Gasteiger partial charge is 0.353 e. The average Bonchev–Trinajstić information content (AvgIpc) is 2.55. The van der Waals surface area contributed by atoms with Crippen LogP contribution in [0, 0.1) is 0 Å². The first-order chi connectivity index (χ1) is 11.1. The van der Waals surface area contributed by atoms with Crippen LogP contribution < -0.4 is 5.32 Å². The van der Waals surface area contributed by atoms with Gasteiger partial charge in [0, 0.05) is 24.6 Å². The van der Waals surface area contributed by atoms with Crippen molar-refractivity contribution in [2.75, 3.05) is 6.54 Å². The molecule has 0 spiro atoms. The molecule has 0 atom stereocenters. The Morgan fingerprint density at radius 2 is 1.87 bits per heavy atom. The smallest absolute Gasteiger partial charge is 0.260 e. The minimum absolute atomic E-state index is 0.0728. The van der Waals surface area contributed by atoms with Gasteiger partial charge in [-0.25, -0.2) is 0 Å². The molecule has 0 aromatic heterocycles. The SMILES string of the molecule is O=C(CCN1C(=O)Cc2ccccc2C1=O)NC1CCCCC1. The number of hydrogen-bond acceptors (Lipinski definition) is 3. The Morgan fingerprint density at radius 3 is 2.65 bits per heavy atom. The number of imide groups is 1. The molecule has 0 radical (unpaired) electrons. The van der Waals surface area contributed by atoms with Gasteiger partial charge in [0.1, 0.15) is 0 Å². The summed E-state index contributed by atoms with van der Waals surface area (Å²) in [6.45, 7) is 0.157. The number of hydrogen-bond donors (Lipinski definition) is 1. The second kappa shape index (κ2) is 6.94. The molecule has 5 heteroatoms. The fraction of sp³-hybridized carbons (Fsp3) is 0.500. The van der Waals surface area contributed by atoms with Gasteiger partial charge in [-0.3, -0.25) is 19.3 Å². The summed E-state index contributed by atoms with van der Waals surface area (Å²) in [5.41, 5.74) is 1.34. The zero-order chi connectivity index (χ0) is 16.2. The fourth-order valence-corrected chi connectivity index (χ4v) is 3.39. The van der Waals surface area contributed by atoms with Crippen molar-refractivity contribution in [3.05, 3.63) is 35.4 Å². The molecule has 1 aromatic carbocycles. The Labute approximate surface area is 136 Å². The number of carbonyl (C=O) groups excluding carboxylic acids is 3. The third-order valence-corrected chi connectivity index (χ3v) is 4.67. The predicted octanol–water partition coefficient (Wildman–Crippen LogP) is 2.05. The van der Waals surface area contributed by atoms with Crippen LogP contribution in [0.4, 0.5) is 0 Å². The monoisotopic (exact) mass is 314 g/mol. The molecule has 0 bridgehead atoms. The fourth-order valence-electron chi connectivity index (χ4n) is 3.39. The Kier molecular flexibility index (Phi) is 4.74. The van der Waals surface area contributed by atoms with Gasteiger partial charge in [0.05, 0.1) is 6.42 Å². The van der Waals surface area contributed by atoms with Gasteiger partial charge in [-0.2, -0.15) is 0 Å². The van der Waals surface area contributed by atoms with Gasteiger partial charge in [-0.15, -0.1) is 0 Å². The zero-order valence-electron chi connectivity index (χ0n) is 13.2. The highest BCUT2D eigenvalue weighted by atomic mass is 16.2.